The Hall–Kier alpha value is -2.82. The molecule has 0 aliphatic carbocycles. The first-order valence-corrected chi connectivity index (χ1v) is 6.03. The van der Waals surface area contributed by atoms with Gasteiger partial charge in [-0.1, -0.05) is 6.07 Å². The van der Waals surface area contributed by atoms with Crippen molar-refractivity contribution in [1.82, 2.24) is 4.98 Å². The molecule has 3 aromatic rings. The van der Waals surface area contributed by atoms with E-state index in [1.165, 1.54) is 12.1 Å². The van der Waals surface area contributed by atoms with Gasteiger partial charge in [0.05, 0.1) is 11.1 Å². The van der Waals surface area contributed by atoms with Crippen LogP contribution in [0, 0.1) is 5.82 Å². The zero-order valence-electron chi connectivity index (χ0n) is 10.5. The van der Waals surface area contributed by atoms with Crippen LogP contribution < -0.4 is 11.5 Å². The van der Waals surface area contributed by atoms with E-state index < -0.39 is 5.91 Å². The topological polar surface area (TPSA) is 84.9 Å². The van der Waals surface area contributed by atoms with Gasteiger partial charge >= 0.3 is 0 Å². The van der Waals surface area contributed by atoms with Gasteiger partial charge in [-0.05, 0) is 35.9 Å². The molecule has 0 aliphatic heterocycles. The number of benzene rings is 2. The second-order valence-electron chi connectivity index (χ2n) is 4.53. The minimum atomic E-state index is -0.531. The van der Waals surface area contributed by atoms with Crippen LogP contribution in [0.1, 0.15) is 10.4 Å². The van der Waals surface area contributed by atoms with Crippen molar-refractivity contribution in [3.05, 3.63) is 54.0 Å². The molecule has 0 saturated carbocycles. The summed E-state index contributed by atoms with van der Waals surface area (Å²) in [5.74, 6) is -0.898. The normalized spacial score (nSPS) is 10.8. The third-order valence-electron chi connectivity index (χ3n) is 3.27. The zero-order chi connectivity index (χ0) is 14.3. The minimum absolute atomic E-state index is 0.367. The van der Waals surface area contributed by atoms with Crippen molar-refractivity contribution >= 4 is 22.5 Å². The molecule has 0 aliphatic rings. The van der Waals surface area contributed by atoms with E-state index in [4.69, 9.17) is 11.5 Å². The number of nitrogens with two attached hydrogens (primary N) is 2. The number of hydrogen-bond donors (Lipinski definition) is 3. The number of aromatic amines is 1. The van der Waals surface area contributed by atoms with Crippen molar-refractivity contribution in [3.63, 3.8) is 0 Å². The van der Waals surface area contributed by atoms with E-state index in [1.54, 1.807) is 30.5 Å². The lowest BCUT2D eigenvalue weighted by molar-refractivity contribution is 0.100. The molecule has 0 atom stereocenters. The number of hydrogen-bond acceptors (Lipinski definition) is 2. The summed E-state index contributed by atoms with van der Waals surface area (Å²) in [5, 5.41) is 0.728. The number of nitrogens with one attached hydrogen (secondary N) is 1. The Morgan fingerprint density at radius 3 is 2.65 bits per heavy atom. The average Bonchev–Trinajstić information content (AvgIpc) is 2.89. The number of anilines is 1. The lowest BCUT2D eigenvalue weighted by atomic mass is 9.98. The molecule has 5 N–H and O–H groups in total. The number of halogens is 1. The molecule has 0 saturated heterocycles. The van der Waals surface area contributed by atoms with Gasteiger partial charge in [0, 0.05) is 22.8 Å². The molecule has 0 spiro atoms. The van der Waals surface area contributed by atoms with Crippen LogP contribution in [0.15, 0.2) is 42.6 Å². The van der Waals surface area contributed by atoms with Gasteiger partial charge < -0.3 is 16.5 Å². The Morgan fingerprint density at radius 2 is 1.90 bits per heavy atom. The van der Waals surface area contributed by atoms with Crippen LogP contribution in [-0.2, 0) is 0 Å². The monoisotopic (exact) mass is 269 g/mol. The number of carbonyl (C=O) groups excluding carboxylic acids is 1. The molecule has 0 bridgehead atoms. The number of H-pyrrole nitrogens is 1. The van der Waals surface area contributed by atoms with Gasteiger partial charge in [-0.15, -0.1) is 0 Å². The highest BCUT2D eigenvalue weighted by atomic mass is 19.1. The van der Waals surface area contributed by atoms with Crippen molar-refractivity contribution in [2.45, 2.75) is 0 Å². The van der Waals surface area contributed by atoms with E-state index in [1.807, 2.05) is 0 Å². The number of fused-ring (bicyclic) bond motifs is 1. The third kappa shape index (κ3) is 1.80. The Balaban J connectivity index is 2.33. The number of nitrogen functional groups attached to an aromatic ring is 1. The summed E-state index contributed by atoms with van der Waals surface area (Å²) >= 11 is 0. The van der Waals surface area contributed by atoms with Crippen molar-refractivity contribution in [1.29, 1.82) is 0 Å². The summed E-state index contributed by atoms with van der Waals surface area (Å²) in [6.07, 6.45) is 1.69. The molecule has 2 aromatic carbocycles. The smallest absolute Gasteiger partial charge is 0.250 e. The van der Waals surface area contributed by atoms with E-state index in [9.17, 15) is 9.18 Å². The molecule has 100 valence electrons. The molecule has 1 aromatic heterocycles. The van der Waals surface area contributed by atoms with Crippen LogP contribution in [-0.4, -0.2) is 10.9 Å². The number of carbonyl (C=O) groups is 1. The van der Waals surface area contributed by atoms with Crippen LogP contribution in [0.4, 0.5) is 10.1 Å². The van der Waals surface area contributed by atoms with Gasteiger partial charge in [-0.2, -0.15) is 0 Å². The molecule has 5 heteroatoms. The van der Waals surface area contributed by atoms with E-state index in [-0.39, 0.29) is 5.82 Å². The summed E-state index contributed by atoms with van der Waals surface area (Å²) in [7, 11) is 0. The van der Waals surface area contributed by atoms with Gasteiger partial charge in [-0.25, -0.2) is 4.39 Å². The molecule has 1 amide bonds. The predicted octanol–water partition coefficient (Wildman–Crippen LogP) is 2.66. The molecule has 0 unspecified atom stereocenters. The highest BCUT2D eigenvalue weighted by Crippen LogP contribution is 2.32. The predicted molar refractivity (Wildman–Crippen MR) is 76.6 cm³/mol. The standard InChI is InChI=1S/C15H12FN3O/c16-13-4-1-8(17)7-12(13)9-2-3-11(15(18)20)14-10(9)5-6-19-14/h1-7,19H,17H2,(H2,18,20). The lowest BCUT2D eigenvalue weighted by Crippen LogP contribution is -2.11. The molecule has 1 heterocycles. The summed E-state index contributed by atoms with van der Waals surface area (Å²) in [4.78, 5) is 14.3. The molecule has 3 rings (SSSR count). The van der Waals surface area contributed by atoms with Crippen molar-refractivity contribution < 1.29 is 9.18 Å². The number of rotatable bonds is 2. The highest BCUT2D eigenvalue weighted by molar-refractivity contribution is 6.09. The summed E-state index contributed by atoms with van der Waals surface area (Å²) in [6, 6.07) is 9.43. The first kappa shape index (κ1) is 12.2. The molecular formula is C15H12FN3O. The fourth-order valence-corrected chi connectivity index (χ4v) is 2.35. The summed E-state index contributed by atoms with van der Waals surface area (Å²) < 4.78 is 14.0. The SMILES string of the molecule is NC(=O)c1ccc(-c2cc(N)ccc2F)c2cc[nH]c12. The molecule has 0 radical (unpaired) electrons. The number of amides is 1. The van der Waals surface area contributed by atoms with Crippen LogP contribution in [0.3, 0.4) is 0 Å². The third-order valence-corrected chi connectivity index (χ3v) is 3.27. The van der Waals surface area contributed by atoms with Crippen molar-refractivity contribution in [2.24, 2.45) is 5.73 Å². The Morgan fingerprint density at radius 1 is 1.10 bits per heavy atom. The second kappa shape index (κ2) is 4.38. The fraction of sp³-hybridized carbons (Fsp3) is 0. The van der Waals surface area contributed by atoms with Crippen LogP contribution in [0.25, 0.3) is 22.0 Å². The van der Waals surface area contributed by atoms with Crippen molar-refractivity contribution in [3.8, 4) is 11.1 Å². The van der Waals surface area contributed by atoms with Gasteiger partial charge in [0.25, 0.3) is 5.91 Å². The Bertz CT molecular complexity index is 823. The first-order chi connectivity index (χ1) is 9.58. The Labute approximate surface area is 114 Å². The maximum Gasteiger partial charge on any atom is 0.250 e. The van der Waals surface area contributed by atoms with Crippen LogP contribution in [0.5, 0.6) is 0 Å². The average molecular weight is 269 g/mol. The van der Waals surface area contributed by atoms with Gasteiger partial charge in [0.15, 0.2) is 0 Å². The number of primary amides is 1. The van der Waals surface area contributed by atoms with Gasteiger partial charge in [-0.3, -0.25) is 4.79 Å². The van der Waals surface area contributed by atoms with Gasteiger partial charge in [0.1, 0.15) is 5.82 Å². The minimum Gasteiger partial charge on any atom is -0.399 e. The highest BCUT2D eigenvalue weighted by Gasteiger charge is 2.14. The molecule has 4 nitrogen and oxygen atoms in total. The van der Waals surface area contributed by atoms with Crippen LogP contribution >= 0.6 is 0 Å². The van der Waals surface area contributed by atoms with E-state index in [2.05, 4.69) is 4.98 Å². The molecular weight excluding hydrogens is 257 g/mol. The summed E-state index contributed by atoms with van der Waals surface area (Å²) in [6.45, 7) is 0. The molecule has 20 heavy (non-hydrogen) atoms. The van der Waals surface area contributed by atoms with E-state index >= 15 is 0 Å². The van der Waals surface area contributed by atoms with E-state index in [0.717, 1.165) is 5.39 Å². The van der Waals surface area contributed by atoms with Gasteiger partial charge in [0.2, 0.25) is 0 Å². The lowest BCUT2D eigenvalue weighted by Gasteiger charge is -2.08. The quantitative estimate of drug-likeness (QED) is 0.625. The van der Waals surface area contributed by atoms with E-state index in [0.29, 0.717) is 27.9 Å². The Kier molecular flexibility index (Phi) is 2.68. The maximum atomic E-state index is 14.0. The second-order valence-corrected chi connectivity index (χ2v) is 4.53. The fourth-order valence-electron chi connectivity index (χ4n) is 2.35. The van der Waals surface area contributed by atoms with Crippen molar-refractivity contribution in [2.75, 3.05) is 5.73 Å². The van der Waals surface area contributed by atoms with Crippen LogP contribution in [0.2, 0.25) is 0 Å². The first-order valence-electron chi connectivity index (χ1n) is 6.03. The zero-order valence-corrected chi connectivity index (χ0v) is 10.5. The number of aromatic nitrogens is 1. The summed E-state index contributed by atoms with van der Waals surface area (Å²) in [5.41, 5.74) is 13.5. The maximum absolute atomic E-state index is 14.0. The largest absolute Gasteiger partial charge is 0.399 e. The molecule has 0 fully saturated rings.